The van der Waals surface area contributed by atoms with Gasteiger partial charge in [-0.15, -0.1) is 11.8 Å². The highest BCUT2D eigenvalue weighted by Crippen LogP contribution is 2.45. The van der Waals surface area contributed by atoms with Crippen LogP contribution in [0.1, 0.15) is 26.7 Å². The molecule has 0 saturated carbocycles. The van der Waals surface area contributed by atoms with Crippen LogP contribution >= 0.6 is 11.8 Å². The van der Waals surface area contributed by atoms with Gasteiger partial charge in [0.2, 0.25) is 0 Å². The zero-order valence-electron chi connectivity index (χ0n) is 12.9. The van der Waals surface area contributed by atoms with Crippen LogP contribution in [0.2, 0.25) is 0 Å². The van der Waals surface area contributed by atoms with Gasteiger partial charge in [0.1, 0.15) is 5.82 Å². The van der Waals surface area contributed by atoms with Crippen molar-refractivity contribution in [1.29, 1.82) is 0 Å². The van der Waals surface area contributed by atoms with E-state index in [-0.39, 0.29) is 5.41 Å². The van der Waals surface area contributed by atoms with Gasteiger partial charge in [-0.3, -0.25) is 0 Å². The molecule has 116 valence electrons. The van der Waals surface area contributed by atoms with E-state index in [1.54, 1.807) is 0 Å². The first-order chi connectivity index (χ1) is 10.1. The number of nitrogens with two attached hydrogens (primary N) is 2. The van der Waals surface area contributed by atoms with E-state index in [9.17, 15) is 0 Å². The molecular weight excluding hydrogens is 280 g/mol. The van der Waals surface area contributed by atoms with Gasteiger partial charge in [0.25, 0.3) is 0 Å². The van der Waals surface area contributed by atoms with Crippen molar-refractivity contribution in [3.63, 3.8) is 0 Å². The van der Waals surface area contributed by atoms with Crippen LogP contribution < -0.4 is 22.3 Å². The highest BCUT2D eigenvalue weighted by Gasteiger charge is 2.34. The van der Waals surface area contributed by atoms with E-state index in [1.807, 2.05) is 17.8 Å². The van der Waals surface area contributed by atoms with Crippen molar-refractivity contribution in [2.45, 2.75) is 31.9 Å². The summed E-state index contributed by atoms with van der Waals surface area (Å²) in [6, 6.07) is 0. The van der Waals surface area contributed by atoms with E-state index < -0.39 is 0 Å². The molecule has 0 amide bonds. The van der Waals surface area contributed by atoms with Crippen molar-refractivity contribution in [1.82, 2.24) is 10.9 Å². The molecule has 0 bridgehead atoms. The molecule has 0 aromatic rings. The van der Waals surface area contributed by atoms with Crippen LogP contribution in [-0.4, -0.2) is 18.3 Å². The summed E-state index contributed by atoms with van der Waals surface area (Å²) in [6.07, 6.45) is 6.02. The molecule has 5 heteroatoms. The predicted octanol–water partition coefficient (Wildman–Crippen LogP) is 2.14. The third kappa shape index (κ3) is 3.20. The fraction of sp³-hybridized carbons (Fsp3) is 0.500. The normalized spacial score (nSPS) is 25.6. The molecule has 2 heterocycles. The largest absolute Gasteiger partial charge is 0.384 e. The summed E-state index contributed by atoms with van der Waals surface area (Å²) in [7, 11) is 0. The first kappa shape index (κ1) is 16.2. The lowest BCUT2D eigenvalue weighted by atomic mass is 9.78. The molecule has 0 aliphatic carbocycles. The third-order valence-electron chi connectivity index (χ3n) is 4.59. The van der Waals surface area contributed by atoms with E-state index in [4.69, 9.17) is 11.5 Å². The smallest absolute Gasteiger partial charge is 0.115 e. The van der Waals surface area contributed by atoms with Crippen molar-refractivity contribution in [3.8, 4) is 0 Å². The number of rotatable bonds is 6. The summed E-state index contributed by atoms with van der Waals surface area (Å²) in [6.45, 7) is 9.74. The van der Waals surface area contributed by atoms with Crippen LogP contribution in [0.4, 0.5) is 0 Å². The van der Waals surface area contributed by atoms with E-state index in [0.29, 0.717) is 17.6 Å². The van der Waals surface area contributed by atoms with E-state index in [1.165, 1.54) is 11.1 Å². The van der Waals surface area contributed by atoms with Crippen molar-refractivity contribution >= 4 is 11.8 Å². The van der Waals surface area contributed by atoms with Crippen LogP contribution in [-0.2, 0) is 0 Å². The molecule has 0 radical (unpaired) electrons. The number of nitrogens with one attached hydrogen (secondary N) is 2. The molecule has 2 unspecified atom stereocenters. The second kappa shape index (κ2) is 6.73. The summed E-state index contributed by atoms with van der Waals surface area (Å²) < 4.78 is 0. The summed E-state index contributed by atoms with van der Waals surface area (Å²) in [5.41, 5.74) is 22.0. The number of hydrogen-bond acceptors (Lipinski definition) is 5. The highest BCUT2D eigenvalue weighted by molar-refractivity contribution is 8.03. The van der Waals surface area contributed by atoms with Gasteiger partial charge in [-0.2, -0.15) is 0 Å². The highest BCUT2D eigenvalue weighted by atomic mass is 32.2. The van der Waals surface area contributed by atoms with Gasteiger partial charge < -0.3 is 16.9 Å². The van der Waals surface area contributed by atoms with Crippen molar-refractivity contribution in [2.75, 3.05) is 13.1 Å². The Morgan fingerprint density at radius 3 is 2.90 bits per heavy atom. The maximum Gasteiger partial charge on any atom is 0.115 e. The van der Waals surface area contributed by atoms with Crippen LogP contribution in [0.25, 0.3) is 0 Å². The summed E-state index contributed by atoms with van der Waals surface area (Å²) in [5.74, 6) is 0.717. The number of hydrogen-bond donors (Lipinski definition) is 4. The van der Waals surface area contributed by atoms with Gasteiger partial charge in [-0.05, 0) is 23.8 Å². The Hall–Kier alpha value is -1.17. The average molecular weight is 306 g/mol. The molecule has 0 fully saturated rings. The van der Waals surface area contributed by atoms with Crippen LogP contribution in [0.5, 0.6) is 0 Å². The van der Waals surface area contributed by atoms with Crippen LogP contribution in [0, 0.1) is 5.41 Å². The van der Waals surface area contributed by atoms with Crippen molar-refractivity contribution in [3.05, 3.63) is 46.7 Å². The Kier molecular flexibility index (Phi) is 5.19. The van der Waals surface area contributed by atoms with Crippen molar-refractivity contribution < 1.29 is 0 Å². The zero-order chi connectivity index (χ0) is 15.5. The van der Waals surface area contributed by atoms with Crippen molar-refractivity contribution in [2.24, 2.45) is 16.9 Å². The first-order valence-electron chi connectivity index (χ1n) is 7.41. The Morgan fingerprint density at radius 2 is 2.38 bits per heavy atom. The van der Waals surface area contributed by atoms with Gasteiger partial charge in [-0.1, -0.05) is 38.2 Å². The maximum absolute atomic E-state index is 6.04. The SMILES string of the molecule is C=C/C=C(\C1=C(N)NNC1)C1CC(C(C)(CC)CN)=CS1. The number of hydrazine groups is 1. The first-order valence-corrected chi connectivity index (χ1v) is 8.35. The van der Waals surface area contributed by atoms with Gasteiger partial charge >= 0.3 is 0 Å². The standard InChI is InChI=1S/C16H26N4S/c1-4-6-12(13-8-19-20-15(13)18)14-7-11(9-21-14)16(3,5-2)10-17/h4,6,9,14,19-20H,1,5,7-8,10,17-18H2,2-3H3/b12-6+. The van der Waals surface area contributed by atoms with Gasteiger partial charge in [0.15, 0.2) is 0 Å². The molecule has 0 aromatic heterocycles. The summed E-state index contributed by atoms with van der Waals surface area (Å²) >= 11 is 1.87. The maximum atomic E-state index is 6.04. The van der Waals surface area contributed by atoms with Gasteiger partial charge in [0.05, 0.1) is 0 Å². The fourth-order valence-electron chi connectivity index (χ4n) is 2.72. The Balaban J connectivity index is 2.19. The second-order valence-electron chi connectivity index (χ2n) is 5.82. The molecule has 2 rings (SSSR count). The van der Waals surface area contributed by atoms with E-state index >= 15 is 0 Å². The lowest BCUT2D eigenvalue weighted by Crippen LogP contribution is -2.29. The molecule has 21 heavy (non-hydrogen) atoms. The summed E-state index contributed by atoms with van der Waals surface area (Å²) in [4.78, 5) is 0. The minimum absolute atomic E-state index is 0.104. The zero-order valence-corrected chi connectivity index (χ0v) is 13.7. The Bertz CT molecular complexity index is 500. The minimum atomic E-state index is 0.104. The predicted molar refractivity (Wildman–Crippen MR) is 92.2 cm³/mol. The minimum Gasteiger partial charge on any atom is -0.384 e. The topological polar surface area (TPSA) is 76.1 Å². The molecule has 4 nitrogen and oxygen atoms in total. The monoisotopic (exact) mass is 306 g/mol. The Labute approximate surface area is 131 Å². The van der Waals surface area contributed by atoms with Crippen LogP contribution in [0.15, 0.2) is 46.7 Å². The Morgan fingerprint density at radius 1 is 1.62 bits per heavy atom. The molecule has 0 spiro atoms. The molecule has 2 aliphatic heterocycles. The number of allylic oxidation sites excluding steroid dienone is 2. The lowest BCUT2D eigenvalue weighted by molar-refractivity contribution is 0.385. The molecular formula is C16H26N4S. The summed E-state index contributed by atoms with van der Waals surface area (Å²) in [5, 5.41) is 2.69. The van der Waals surface area contributed by atoms with Gasteiger partial charge in [0, 0.05) is 29.3 Å². The van der Waals surface area contributed by atoms with Crippen LogP contribution in [0.3, 0.4) is 0 Å². The van der Waals surface area contributed by atoms with E-state index in [2.05, 4.69) is 42.8 Å². The fourth-order valence-corrected chi connectivity index (χ4v) is 4.07. The third-order valence-corrected chi connectivity index (χ3v) is 5.76. The molecule has 2 atom stereocenters. The lowest BCUT2D eigenvalue weighted by Gasteiger charge is -2.29. The quantitative estimate of drug-likeness (QED) is 0.566. The van der Waals surface area contributed by atoms with E-state index in [0.717, 1.165) is 25.0 Å². The second-order valence-corrected chi connectivity index (χ2v) is 6.90. The molecule has 2 aliphatic rings. The average Bonchev–Trinajstić information content (AvgIpc) is 3.13. The molecule has 6 N–H and O–H groups in total. The molecule has 0 saturated heterocycles. The molecule has 0 aromatic carbocycles. The van der Waals surface area contributed by atoms with Gasteiger partial charge in [-0.25, -0.2) is 5.43 Å². The number of thioether (sulfide) groups is 1.